The zero-order valence-electron chi connectivity index (χ0n) is 15.2. The van der Waals surface area contributed by atoms with Crippen molar-refractivity contribution in [3.8, 4) is 5.69 Å². The van der Waals surface area contributed by atoms with Crippen LogP contribution in [0.25, 0.3) is 15.9 Å². The van der Waals surface area contributed by atoms with Crippen LogP contribution in [-0.2, 0) is 9.53 Å². The molecule has 2 aromatic heterocycles. The quantitative estimate of drug-likeness (QED) is 0.753. The van der Waals surface area contributed by atoms with Gasteiger partial charge in [-0.2, -0.15) is 0 Å². The van der Waals surface area contributed by atoms with Gasteiger partial charge in [-0.3, -0.25) is 4.79 Å². The van der Waals surface area contributed by atoms with Gasteiger partial charge < -0.3 is 14.6 Å². The summed E-state index contributed by atoms with van der Waals surface area (Å²) in [5, 5.41) is 3.38. The predicted octanol–water partition coefficient (Wildman–Crippen LogP) is 4.11. The van der Waals surface area contributed by atoms with Crippen LogP contribution in [0.1, 0.15) is 45.4 Å². The Morgan fingerprint density at radius 1 is 1.42 bits per heavy atom. The molecule has 1 aliphatic rings. The second-order valence-electron chi connectivity index (χ2n) is 7.31. The number of carbonyl (C=O) groups is 1. The first-order valence-electron chi connectivity index (χ1n) is 8.77. The zero-order valence-corrected chi connectivity index (χ0v) is 16.0. The minimum Gasteiger partial charge on any atom is -0.376 e. The molecule has 136 valence electrons. The standard InChI is InChI=1S/C19H22N4O2S/c1-12(24)21-18-22-15-5-4-14(10-16(15)26-18)23-8-7-20-17(23)13-6-9-25-19(2,3)11-13/h4-5,7-8,10,13H,6,9,11H2,1-3H3,(H,21,22,24)/t13-/m0/s1. The Bertz CT molecular complexity index is 960. The normalized spacial score (nSPS) is 19.6. The lowest BCUT2D eigenvalue weighted by atomic mass is 9.88. The van der Waals surface area contributed by atoms with Gasteiger partial charge in [-0.05, 0) is 44.9 Å². The first-order chi connectivity index (χ1) is 12.4. The Hall–Kier alpha value is -2.25. The lowest BCUT2D eigenvalue weighted by Crippen LogP contribution is -2.33. The largest absolute Gasteiger partial charge is 0.376 e. The van der Waals surface area contributed by atoms with Crippen molar-refractivity contribution >= 4 is 32.6 Å². The number of carbonyl (C=O) groups excluding carboxylic acids is 1. The van der Waals surface area contributed by atoms with Gasteiger partial charge in [0.05, 0.1) is 15.8 Å². The number of hydrogen-bond acceptors (Lipinski definition) is 5. The Morgan fingerprint density at radius 2 is 2.27 bits per heavy atom. The van der Waals surface area contributed by atoms with E-state index in [-0.39, 0.29) is 11.5 Å². The highest BCUT2D eigenvalue weighted by Gasteiger charge is 2.32. The summed E-state index contributed by atoms with van der Waals surface area (Å²) < 4.78 is 9.05. The van der Waals surface area contributed by atoms with E-state index in [0.717, 1.165) is 41.2 Å². The second-order valence-corrected chi connectivity index (χ2v) is 8.34. The van der Waals surface area contributed by atoms with E-state index in [9.17, 15) is 4.79 Å². The monoisotopic (exact) mass is 370 g/mol. The van der Waals surface area contributed by atoms with Gasteiger partial charge in [0.25, 0.3) is 0 Å². The molecule has 6 nitrogen and oxygen atoms in total. The second kappa shape index (κ2) is 6.48. The van der Waals surface area contributed by atoms with Gasteiger partial charge in [0.2, 0.25) is 5.91 Å². The third kappa shape index (κ3) is 3.37. The fourth-order valence-corrected chi connectivity index (χ4v) is 4.50. The van der Waals surface area contributed by atoms with E-state index in [2.05, 4.69) is 45.8 Å². The van der Waals surface area contributed by atoms with E-state index in [1.54, 1.807) is 0 Å². The molecule has 4 rings (SSSR count). The van der Waals surface area contributed by atoms with E-state index >= 15 is 0 Å². The van der Waals surface area contributed by atoms with Crippen LogP contribution in [0.3, 0.4) is 0 Å². The number of aromatic nitrogens is 3. The number of rotatable bonds is 3. The number of nitrogens with zero attached hydrogens (tertiary/aromatic N) is 3. The van der Waals surface area contributed by atoms with Gasteiger partial charge in [-0.15, -0.1) is 0 Å². The van der Waals surface area contributed by atoms with Crippen molar-refractivity contribution in [2.75, 3.05) is 11.9 Å². The van der Waals surface area contributed by atoms with Gasteiger partial charge in [-0.25, -0.2) is 9.97 Å². The van der Waals surface area contributed by atoms with Crippen molar-refractivity contribution in [2.24, 2.45) is 0 Å². The number of anilines is 1. The zero-order chi connectivity index (χ0) is 18.3. The molecular weight excluding hydrogens is 348 g/mol. The number of imidazole rings is 1. The first-order valence-corrected chi connectivity index (χ1v) is 9.59. The van der Waals surface area contributed by atoms with Crippen LogP contribution in [0.5, 0.6) is 0 Å². The Balaban J connectivity index is 1.68. The van der Waals surface area contributed by atoms with E-state index in [1.807, 2.05) is 18.5 Å². The average Bonchev–Trinajstić information content (AvgIpc) is 3.18. The van der Waals surface area contributed by atoms with E-state index in [0.29, 0.717) is 11.0 Å². The van der Waals surface area contributed by atoms with Crippen molar-refractivity contribution in [3.63, 3.8) is 0 Å². The fraction of sp³-hybridized carbons (Fsp3) is 0.421. The van der Waals surface area contributed by atoms with Crippen LogP contribution < -0.4 is 5.32 Å². The van der Waals surface area contributed by atoms with Crippen molar-refractivity contribution < 1.29 is 9.53 Å². The van der Waals surface area contributed by atoms with Crippen molar-refractivity contribution in [3.05, 3.63) is 36.4 Å². The maximum atomic E-state index is 11.2. The molecule has 1 atom stereocenters. The molecule has 3 heterocycles. The van der Waals surface area contributed by atoms with E-state index in [4.69, 9.17) is 4.74 Å². The number of fused-ring (bicyclic) bond motifs is 1. The van der Waals surface area contributed by atoms with Crippen LogP contribution in [0.2, 0.25) is 0 Å². The minimum atomic E-state index is -0.116. The highest BCUT2D eigenvalue weighted by molar-refractivity contribution is 7.22. The van der Waals surface area contributed by atoms with Crippen molar-refractivity contribution in [1.29, 1.82) is 0 Å². The first kappa shape index (κ1) is 17.2. The summed E-state index contributed by atoms with van der Waals surface area (Å²) in [5.41, 5.74) is 1.83. The molecule has 1 amide bonds. The molecule has 0 unspecified atom stereocenters. The summed E-state index contributed by atoms with van der Waals surface area (Å²) >= 11 is 1.48. The van der Waals surface area contributed by atoms with Gasteiger partial charge in [0.1, 0.15) is 5.82 Å². The fourth-order valence-electron chi connectivity index (χ4n) is 3.55. The third-order valence-corrected chi connectivity index (χ3v) is 5.60. The van der Waals surface area contributed by atoms with Crippen LogP contribution in [0, 0.1) is 0 Å². The molecule has 3 aromatic rings. The van der Waals surface area contributed by atoms with Crippen molar-refractivity contribution in [1.82, 2.24) is 14.5 Å². The molecule has 0 bridgehead atoms. The third-order valence-electron chi connectivity index (χ3n) is 4.66. The van der Waals surface area contributed by atoms with E-state index < -0.39 is 0 Å². The molecular formula is C19H22N4O2S. The molecule has 1 fully saturated rings. The van der Waals surface area contributed by atoms with E-state index in [1.165, 1.54) is 18.3 Å². The summed E-state index contributed by atoms with van der Waals surface area (Å²) in [4.78, 5) is 20.3. The molecule has 26 heavy (non-hydrogen) atoms. The highest BCUT2D eigenvalue weighted by Crippen LogP contribution is 2.36. The number of nitrogens with one attached hydrogen (secondary N) is 1. The summed E-state index contributed by atoms with van der Waals surface area (Å²) in [6.45, 7) is 6.53. The molecule has 1 aliphatic heterocycles. The summed E-state index contributed by atoms with van der Waals surface area (Å²) in [5.74, 6) is 1.34. The molecule has 0 spiro atoms. The number of hydrogen-bond donors (Lipinski definition) is 1. The minimum absolute atomic E-state index is 0.108. The maximum Gasteiger partial charge on any atom is 0.223 e. The number of benzene rings is 1. The van der Waals surface area contributed by atoms with Crippen molar-refractivity contribution in [2.45, 2.75) is 45.1 Å². The predicted molar refractivity (Wildman–Crippen MR) is 103 cm³/mol. The average molecular weight is 370 g/mol. The summed E-state index contributed by atoms with van der Waals surface area (Å²) in [7, 11) is 0. The molecule has 1 N–H and O–H groups in total. The van der Waals surface area contributed by atoms with Gasteiger partial charge in [0, 0.05) is 37.5 Å². The molecule has 7 heteroatoms. The molecule has 1 aromatic carbocycles. The van der Waals surface area contributed by atoms with Crippen LogP contribution in [0.15, 0.2) is 30.6 Å². The number of ether oxygens (including phenoxy) is 1. The Kier molecular flexibility index (Phi) is 4.28. The topological polar surface area (TPSA) is 69.0 Å². The summed E-state index contributed by atoms with van der Waals surface area (Å²) in [6, 6.07) is 6.15. The van der Waals surface area contributed by atoms with Crippen LogP contribution in [-0.4, -0.2) is 32.7 Å². The summed E-state index contributed by atoms with van der Waals surface area (Å²) in [6.07, 6.45) is 5.81. The van der Waals surface area contributed by atoms with Gasteiger partial charge in [-0.1, -0.05) is 11.3 Å². The lowest BCUT2D eigenvalue weighted by molar-refractivity contribution is -0.114. The molecule has 0 aliphatic carbocycles. The number of thiazole rings is 1. The van der Waals surface area contributed by atoms with Gasteiger partial charge in [0.15, 0.2) is 5.13 Å². The Labute approximate surface area is 156 Å². The lowest BCUT2D eigenvalue weighted by Gasteiger charge is -2.35. The maximum absolute atomic E-state index is 11.2. The Morgan fingerprint density at radius 3 is 3.04 bits per heavy atom. The smallest absolute Gasteiger partial charge is 0.223 e. The van der Waals surface area contributed by atoms with Gasteiger partial charge >= 0.3 is 0 Å². The molecule has 0 radical (unpaired) electrons. The van der Waals surface area contributed by atoms with Crippen LogP contribution >= 0.6 is 11.3 Å². The van der Waals surface area contributed by atoms with Crippen LogP contribution in [0.4, 0.5) is 5.13 Å². The molecule has 1 saturated heterocycles. The molecule has 0 saturated carbocycles. The highest BCUT2D eigenvalue weighted by atomic mass is 32.1. The SMILES string of the molecule is CC(=O)Nc1nc2ccc(-n3ccnc3[C@H]3CCOC(C)(C)C3)cc2s1. The number of amides is 1.